The molecule has 0 unspecified atom stereocenters. The third-order valence-electron chi connectivity index (χ3n) is 4.59. The van der Waals surface area contributed by atoms with E-state index in [1.807, 2.05) is 6.92 Å². The van der Waals surface area contributed by atoms with E-state index >= 15 is 0 Å². The first-order chi connectivity index (χ1) is 16.2. The maximum absolute atomic E-state index is 12.8. The molecule has 0 aliphatic rings. The van der Waals surface area contributed by atoms with Gasteiger partial charge in [0.1, 0.15) is 23.1 Å². The number of rotatable bonds is 6. The molecule has 2 heterocycles. The number of nitrogens with zero attached hydrogens (tertiary/aromatic N) is 2. The number of methoxy groups -OCH3 is 1. The van der Waals surface area contributed by atoms with Crippen LogP contribution in [-0.4, -0.2) is 29.4 Å². The number of ether oxygens (including phenoxy) is 2. The summed E-state index contributed by atoms with van der Waals surface area (Å²) in [5, 5.41) is 4.26. The average Bonchev–Trinajstić information content (AvgIpc) is 3.43. The molecule has 0 saturated carbocycles. The van der Waals surface area contributed by atoms with Crippen LogP contribution < -0.4 is 15.2 Å². The molecule has 2 aromatic heterocycles. The summed E-state index contributed by atoms with van der Waals surface area (Å²) in [6, 6.07) is 9.91. The van der Waals surface area contributed by atoms with E-state index in [0.717, 1.165) is 22.7 Å². The maximum Gasteiger partial charge on any atom is 0.439 e. The summed E-state index contributed by atoms with van der Waals surface area (Å²) >= 11 is 1.35. The SMILES string of the molecule is CF.COc1cc(OCc2sc(-c3ccc(C(F)(F)F)cc3)nc2C)ccc1-c1noc(=O)[nH]1. The molecule has 0 saturated heterocycles. The second-order valence-electron chi connectivity index (χ2n) is 6.70. The summed E-state index contributed by atoms with van der Waals surface area (Å²) in [6.07, 6.45) is -4.38. The van der Waals surface area contributed by atoms with E-state index in [9.17, 15) is 22.4 Å². The number of nitrogens with one attached hydrogen (secondary N) is 1. The number of aromatic nitrogens is 3. The topological polar surface area (TPSA) is 90.2 Å². The zero-order valence-corrected chi connectivity index (χ0v) is 19.0. The molecule has 0 radical (unpaired) electrons. The van der Waals surface area contributed by atoms with Crippen molar-refractivity contribution in [2.24, 2.45) is 0 Å². The van der Waals surface area contributed by atoms with Crippen molar-refractivity contribution < 1.29 is 31.6 Å². The Bertz CT molecular complexity index is 1300. The summed E-state index contributed by atoms with van der Waals surface area (Å²) < 4.78 is 63.5. The fraction of sp³-hybridized carbons (Fsp3) is 0.227. The lowest BCUT2D eigenvalue weighted by molar-refractivity contribution is -0.137. The number of hydrogen-bond donors (Lipinski definition) is 1. The van der Waals surface area contributed by atoms with Crippen molar-refractivity contribution in [3.63, 3.8) is 0 Å². The standard InChI is InChI=1S/C21H16F3N3O4S.CH3F/c1-11-17(32-19(25-11)12-3-5-13(6-4-12)21(22,23)24)10-30-14-7-8-15(16(9-14)29-2)18-26-20(28)31-27-18;1-2/h3-9H,10H2,1-2H3,(H,26,27,28);1H3. The van der Waals surface area contributed by atoms with Crippen LogP contribution in [0.3, 0.4) is 0 Å². The molecule has 0 aliphatic heterocycles. The number of aromatic amines is 1. The predicted octanol–water partition coefficient (Wildman–Crippen LogP) is 5.65. The number of halogens is 4. The Kier molecular flexibility index (Phi) is 7.72. The Morgan fingerprint density at radius 2 is 1.82 bits per heavy atom. The van der Waals surface area contributed by atoms with Gasteiger partial charge in [0.05, 0.1) is 36.0 Å². The first-order valence-corrected chi connectivity index (χ1v) is 10.4. The van der Waals surface area contributed by atoms with Crippen molar-refractivity contribution in [3.05, 3.63) is 69.1 Å². The van der Waals surface area contributed by atoms with Crippen molar-refractivity contribution >= 4 is 11.3 Å². The quantitative estimate of drug-likeness (QED) is 0.346. The number of alkyl halides is 4. The lowest BCUT2D eigenvalue weighted by Crippen LogP contribution is -2.03. The molecule has 0 aliphatic carbocycles. The van der Waals surface area contributed by atoms with Gasteiger partial charge in [-0.1, -0.05) is 17.3 Å². The fourth-order valence-electron chi connectivity index (χ4n) is 2.94. The molecule has 0 bridgehead atoms. The van der Waals surface area contributed by atoms with Gasteiger partial charge in [-0.05, 0) is 31.2 Å². The highest BCUT2D eigenvalue weighted by molar-refractivity contribution is 7.15. The van der Waals surface area contributed by atoms with Crippen molar-refractivity contribution in [2.45, 2.75) is 19.7 Å². The van der Waals surface area contributed by atoms with Crippen LogP contribution in [0.15, 0.2) is 51.8 Å². The van der Waals surface area contributed by atoms with E-state index in [2.05, 4.69) is 19.6 Å². The Labute approximate surface area is 195 Å². The molecular weight excluding hydrogens is 478 g/mol. The Morgan fingerprint density at radius 3 is 2.41 bits per heavy atom. The molecule has 0 atom stereocenters. The van der Waals surface area contributed by atoms with Gasteiger partial charge >= 0.3 is 11.9 Å². The molecule has 4 aromatic rings. The summed E-state index contributed by atoms with van der Waals surface area (Å²) in [6.45, 7) is 2.03. The first-order valence-electron chi connectivity index (χ1n) is 9.63. The van der Waals surface area contributed by atoms with E-state index in [0.29, 0.717) is 34.8 Å². The second kappa shape index (κ2) is 10.5. The zero-order valence-electron chi connectivity index (χ0n) is 18.2. The molecule has 2 aromatic carbocycles. The molecule has 1 N–H and O–H groups in total. The molecule has 0 amide bonds. The van der Waals surface area contributed by atoms with Crippen LogP contribution in [0.1, 0.15) is 16.1 Å². The Morgan fingerprint density at radius 1 is 1.12 bits per heavy atom. The van der Waals surface area contributed by atoms with Gasteiger partial charge in [-0.15, -0.1) is 11.3 Å². The molecule has 34 heavy (non-hydrogen) atoms. The first kappa shape index (κ1) is 25.0. The van der Waals surface area contributed by atoms with E-state index in [1.54, 1.807) is 18.2 Å². The Hall–Kier alpha value is -3.67. The fourth-order valence-corrected chi connectivity index (χ4v) is 3.92. The zero-order chi connectivity index (χ0) is 24.9. The highest BCUT2D eigenvalue weighted by atomic mass is 32.1. The molecular formula is C22H19F4N3O4S. The van der Waals surface area contributed by atoms with Gasteiger partial charge in [-0.2, -0.15) is 13.2 Å². The largest absolute Gasteiger partial charge is 0.496 e. The van der Waals surface area contributed by atoms with Crippen molar-refractivity contribution in [1.82, 2.24) is 15.1 Å². The Balaban J connectivity index is 0.00000158. The average molecular weight is 497 g/mol. The van der Waals surface area contributed by atoms with Gasteiger partial charge in [-0.3, -0.25) is 13.9 Å². The minimum Gasteiger partial charge on any atom is -0.496 e. The van der Waals surface area contributed by atoms with Crippen LogP contribution >= 0.6 is 11.3 Å². The van der Waals surface area contributed by atoms with Crippen LogP contribution in [0, 0.1) is 6.92 Å². The molecule has 0 fully saturated rings. The number of thiazole rings is 1. The van der Waals surface area contributed by atoms with Crippen LogP contribution in [0.25, 0.3) is 22.0 Å². The van der Waals surface area contributed by atoms with Gasteiger partial charge in [-0.25, -0.2) is 9.78 Å². The number of H-pyrrole nitrogens is 1. The summed E-state index contributed by atoms with van der Waals surface area (Å²) in [4.78, 5) is 18.9. The van der Waals surface area contributed by atoms with Gasteiger partial charge in [0.2, 0.25) is 0 Å². The smallest absolute Gasteiger partial charge is 0.439 e. The van der Waals surface area contributed by atoms with Gasteiger partial charge < -0.3 is 9.47 Å². The van der Waals surface area contributed by atoms with Crippen molar-refractivity contribution in [2.75, 3.05) is 14.3 Å². The minimum absolute atomic E-state index is 0.216. The number of aryl methyl sites for hydroxylation is 1. The van der Waals surface area contributed by atoms with Crippen LogP contribution in [0.5, 0.6) is 11.5 Å². The maximum atomic E-state index is 12.8. The lowest BCUT2D eigenvalue weighted by Gasteiger charge is -2.10. The lowest BCUT2D eigenvalue weighted by atomic mass is 10.1. The van der Waals surface area contributed by atoms with E-state index < -0.39 is 17.5 Å². The van der Waals surface area contributed by atoms with E-state index in [-0.39, 0.29) is 12.4 Å². The normalized spacial score (nSPS) is 11.0. The number of benzene rings is 2. The molecule has 0 spiro atoms. The minimum atomic E-state index is -4.38. The van der Waals surface area contributed by atoms with Gasteiger partial charge in [0, 0.05) is 11.6 Å². The second-order valence-corrected chi connectivity index (χ2v) is 7.78. The van der Waals surface area contributed by atoms with Crippen LogP contribution in [0.4, 0.5) is 17.6 Å². The number of hydrogen-bond acceptors (Lipinski definition) is 7. The summed E-state index contributed by atoms with van der Waals surface area (Å²) in [5.41, 5.74) is 1.16. The van der Waals surface area contributed by atoms with Crippen molar-refractivity contribution in [1.29, 1.82) is 0 Å². The highest BCUT2D eigenvalue weighted by Gasteiger charge is 2.30. The highest BCUT2D eigenvalue weighted by Crippen LogP contribution is 2.34. The predicted molar refractivity (Wildman–Crippen MR) is 118 cm³/mol. The van der Waals surface area contributed by atoms with Crippen LogP contribution in [0.2, 0.25) is 0 Å². The van der Waals surface area contributed by atoms with Crippen LogP contribution in [-0.2, 0) is 12.8 Å². The van der Waals surface area contributed by atoms with Crippen molar-refractivity contribution in [3.8, 4) is 33.5 Å². The van der Waals surface area contributed by atoms with Gasteiger partial charge in [0.15, 0.2) is 5.82 Å². The van der Waals surface area contributed by atoms with E-state index in [1.165, 1.54) is 30.6 Å². The monoisotopic (exact) mass is 497 g/mol. The third kappa shape index (κ3) is 5.63. The molecule has 7 nitrogen and oxygen atoms in total. The van der Waals surface area contributed by atoms with Gasteiger partial charge in [0.25, 0.3) is 0 Å². The molecule has 4 rings (SSSR count). The summed E-state index contributed by atoms with van der Waals surface area (Å²) in [7, 11) is 1.98. The third-order valence-corrected chi connectivity index (χ3v) is 5.77. The summed E-state index contributed by atoms with van der Waals surface area (Å²) in [5.74, 6) is 0.503. The van der Waals surface area contributed by atoms with E-state index in [4.69, 9.17) is 9.47 Å². The molecule has 180 valence electrons. The molecule has 12 heteroatoms.